The van der Waals surface area contributed by atoms with Crippen LogP contribution in [-0.2, 0) is 0 Å². The van der Waals surface area contributed by atoms with Crippen molar-refractivity contribution in [2.45, 2.75) is 26.7 Å². The Balaban J connectivity index is 2.49. The van der Waals surface area contributed by atoms with Gasteiger partial charge in [0, 0.05) is 0 Å². The summed E-state index contributed by atoms with van der Waals surface area (Å²) in [6.45, 7) is 6.59. The van der Waals surface area contributed by atoms with E-state index in [0.29, 0.717) is 0 Å². The topological polar surface area (TPSA) is 0 Å². The van der Waals surface area contributed by atoms with Gasteiger partial charge in [0.15, 0.2) is 0 Å². The Bertz CT molecular complexity index is 142. The summed E-state index contributed by atoms with van der Waals surface area (Å²) in [5, 5.41) is 0. The fourth-order valence-electron chi connectivity index (χ4n) is 0.979. The van der Waals surface area contributed by atoms with Crippen LogP contribution in [0, 0.1) is 0 Å². The van der Waals surface area contributed by atoms with Crippen molar-refractivity contribution in [2.24, 2.45) is 0 Å². The zero-order valence-corrected chi connectivity index (χ0v) is 5.57. The van der Waals surface area contributed by atoms with Gasteiger partial charge in [0.1, 0.15) is 0 Å². The minimum atomic E-state index is 1.22. The average Bonchev–Trinajstić information content (AvgIpc) is 2.14. The van der Waals surface area contributed by atoms with Gasteiger partial charge in [-0.2, -0.15) is 0 Å². The Kier molecular flexibility index (Phi) is 1.67. The zero-order valence-electron chi connectivity index (χ0n) is 5.57. The van der Waals surface area contributed by atoms with Gasteiger partial charge in [-0.05, 0) is 0 Å². The average molecular weight is 106 g/mol. The Morgan fingerprint density at radius 1 is 1.75 bits per heavy atom. The van der Waals surface area contributed by atoms with Gasteiger partial charge >= 0.3 is 50.6 Å². The molecule has 0 bridgehead atoms. The molecule has 1 aliphatic rings. The summed E-state index contributed by atoms with van der Waals surface area (Å²) in [6, 6.07) is 0. The summed E-state index contributed by atoms with van der Waals surface area (Å²) in [4.78, 5) is 0. The molecule has 0 aliphatic carbocycles. The quantitative estimate of drug-likeness (QED) is 0.445. The SMILES string of the molecule is CCC1=CB=C(C)C1. The maximum absolute atomic E-state index is 2.23. The van der Waals surface area contributed by atoms with E-state index in [1.165, 1.54) is 18.3 Å². The normalized spacial score (nSPS) is 17.2. The van der Waals surface area contributed by atoms with Crippen LogP contribution in [0.1, 0.15) is 26.7 Å². The first-order valence-corrected chi connectivity index (χ1v) is 3.18. The van der Waals surface area contributed by atoms with Crippen LogP contribution in [0.15, 0.2) is 11.5 Å². The van der Waals surface area contributed by atoms with Crippen molar-refractivity contribution in [1.82, 2.24) is 0 Å². The third kappa shape index (κ3) is 1.09. The minimum absolute atomic E-state index is 1.22. The summed E-state index contributed by atoms with van der Waals surface area (Å²) in [6.07, 6.45) is 2.43. The molecule has 42 valence electrons. The van der Waals surface area contributed by atoms with E-state index in [0.717, 1.165) is 0 Å². The van der Waals surface area contributed by atoms with Crippen molar-refractivity contribution in [3.05, 3.63) is 11.5 Å². The third-order valence-electron chi connectivity index (χ3n) is 1.56. The van der Waals surface area contributed by atoms with Crippen molar-refractivity contribution < 1.29 is 0 Å². The second kappa shape index (κ2) is 2.30. The number of hydrogen-bond acceptors (Lipinski definition) is 0. The molecule has 0 aromatic carbocycles. The fourth-order valence-corrected chi connectivity index (χ4v) is 0.979. The summed E-state index contributed by atoms with van der Waals surface area (Å²) < 4.78 is 0. The second-order valence-corrected chi connectivity index (χ2v) is 2.37. The molecule has 0 nitrogen and oxygen atoms in total. The summed E-state index contributed by atoms with van der Waals surface area (Å²) in [5.41, 5.74) is 3.07. The molecule has 1 heterocycles. The van der Waals surface area contributed by atoms with Crippen LogP contribution in [0.3, 0.4) is 0 Å². The Morgan fingerprint density at radius 2 is 2.50 bits per heavy atom. The molecule has 0 saturated carbocycles. The first-order valence-electron chi connectivity index (χ1n) is 3.18. The van der Waals surface area contributed by atoms with E-state index in [-0.39, 0.29) is 0 Å². The van der Waals surface area contributed by atoms with Crippen LogP contribution in [0.2, 0.25) is 0 Å². The van der Waals surface area contributed by atoms with Crippen molar-refractivity contribution in [3.8, 4) is 0 Å². The van der Waals surface area contributed by atoms with Gasteiger partial charge in [-0.15, -0.1) is 0 Å². The first kappa shape index (κ1) is 5.81. The molecule has 0 unspecified atom stereocenters. The molecule has 0 spiro atoms. The van der Waals surface area contributed by atoms with Crippen molar-refractivity contribution in [1.29, 1.82) is 0 Å². The predicted octanol–water partition coefficient (Wildman–Crippen LogP) is 1.58. The molecule has 0 atom stereocenters. The summed E-state index contributed by atoms with van der Waals surface area (Å²) in [7, 11) is 0. The van der Waals surface area contributed by atoms with Crippen molar-refractivity contribution >= 4 is 12.4 Å². The number of allylic oxidation sites excluding steroid dienone is 1. The van der Waals surface area contributed by atoms with Crippen LogP contribution in [0.25, 0.3) is 0 Å². The van der Waals surface area contributed by atoms with E-state index in [4.69, 9.17) is 0 Å². The molecule has 1 rings (SSSR count). The van der Waals surface area contributed by atoms with E-state index in [1.807, 2.05) is 0 Å². The first-order chi connectivity index (χ1) is 3.83. The van der Waals surface area contributed by atoms with Crippen molar-refractivity contribution in [2.75, 3.05) is 0 Å². The van der Waals surface area contributed by atoms with Gasteiger partial charge in [0.25, 0.3) is 0 Å². The summed E-state index contributed by atoms with van der Waals surface area (Å²) >= 11 is 0. The van der Waals surface area contributed by atoms with Crippen LogP contribution in [0.5, 0.6) is 0 Å². The van der Waals surface area contributed by atoms with Gasteiger partial charge in [-0.25, -0.2) is 0 Å². The van der Waals surface area contributed by atoms with Crippen LogP contribution in [-0.4, -0.2) is 12.4 Å². The molecular formula is C7H11B. The molecule has 8 heavy (non-hydrogen) atoms. The van der Waals surface area contributed by atoms with Gasteiger partial charge in [0.2, 0.25) is 0 Å². The Labute approximate surface area is 51.5 Å². The molecule has 0 amide bonds. The number of rotatable bonds is 1. The van der Waals surface area contributed by atoms with E-state index >= 15 is 0 Å². The van der Waals surface area contributed by atoms with E-state index < -0.39 is 0 Å². The number of hydrogen-bond donors (Lipinski definition) is 0. The molecule has 0 N–H and O–H groups in total. The van der Waals surface area contributed by atoms with E-state index in [2.05, 4.69) is 26.7 Å². The van der Waals surface area contributed by atoms with Crippen LogP contribution in [0.4, 0.5) is 0 Å². The fraction of sp³-hybridized carbons (Fsp3) is 0.571. The molecule has 1 aliphatic heterocycles. The molecular weight excluding hydrogens is 94.9 g/mol. The molecule has 0 radical (unpaired) electrons. The predicted molar refractivity (Wildman–Crippen MR) is 39.4 cm³/mol. The zero-order chi connectivity index (χ0) is 5.98. The second-order valence-electron chi connectivity index (χ2n) is 2.37. The van der Waals surface area contributed by atoms with E-state index in [9.17, 15) is 0 Å². The van der Waals surface area contributed by atoms with Crippen molar-refractivity contribution in [3.63, 3.8) is 0 Å². The summed E-state index contributed by atoms with van der Waals surface area (Å²) in [5.74, 6) is 2.23. The standard InChI is InChI=1S/C7H11B/c1-3-7-4-6(2)8-5-7/h5H,3-4H2,1-2H3. The maximum atomic E-state index is 2.23. The van der Waals surface area contributed by atoms with Gasteiger partial charge in [-0.3, -0.25) is 0 Å². The molecule has 0 saturated heterocycles. The van der Waals surface area contributed by atoms with Gasteiger partial charge in [0.05, 0.1) is 0 Å². The molecule has 0 aromatic rings. The molecule has 1 heteroatoms. The molecule has 0 fully saturated rings. The molecule has 0 aromatic heterocycles. The van der Waals surface area contributed by atoms with E-state index in [1.54, 1.807) is 5.57 Å². The Hall–Kier alpha value is -0.325. The monoisotopic (exact) mass is 106 g/mol. The van der Waals surface area contributed by atoms with Crippen LogP contribution >= 0.6 is 0 Å². The third-order valence-corrected chi connectivity index (χ3v) is 1.56. The van der Waals surface area contributed by atoms with Crippen LogP contribution < -0.4 is 0 Å². The Morgan fingerprint density at radius 3 is 2.75 bits per heavy atom. The van der Waals surface area contributed by atoms with Gasteiger partial charge < -0.3 is 0 Å². The van der Waals surface area contributed by atoms with Gasteiger partial charge in [-0.1, -0.05) is 0 Å².